The molecule has 0 atom stereocenters. The first-order valence-corrected chi connectivity index (χ1v) is 7.02. The number of hydrogen-bond donors (Lipinski definition) is 1. The van der Waals surface area contributed by atoms with Crippen molar-refractivity contribution in [2.45, 2.75) is 26.3 Å². The van der Waals surface area contributed by atoms with Gasteiger partial charge in [-0.3, -0.25) is 14.6 Å². The van der Waals surface area contributed by atoms with Gasteiger partial charge in [0.2, 0.25) is 5.91 Å². The van der Waals surface area contributed by atoms with Gasteiger partial charge >= 0.3 is 0 Å². The van der Waals surface area contributed by atoms with Crippen molar-refractivity contribution in [3.05, 3.63) is 65.2 Å². The number of aryl methyl sites for hydroxylation is 1. The van der Waals surface area contributed by atoms with Crippen LogP contribution in [0.2, 0.25) is 0 Å². The van der Waals surface area contributed by atoms with Crippen LogP contribution in [0.5, 0.6) is 0 Å². The summed E-state index contributed by atoms with van der Waals surface area (Å²) in [5.41, 5.74) is 1.85. The van der Waals surface area contributed by atoms with Crippen molar-refractivity contribution in [3.8, 4) is 0 Å². The number of carbonyl (C=O) groups excluding carboxylic acids is 2. The van der Waals surface area contributed by atoms with Gasteiger partial charge in [-0.05, 0) is 19.1 Å². The average molecular weight is 300 g/mol. The number of benzene rings is 1. The maximum absolute atomic E-state index is 13.3. The molecule has 0 spiro atoms. The summed E-state index contributed by atoms with van der Waals surface area (Å²) in [5, 5.41) is 2.56. The first kappa shape index (κ1) is 15.8. The number of nitrogens with zero attached hydrogens (tertiary/aromatic N) is 1. The van der Waals surface area contributed by atoms with Crippen LogP contribution < -0.4 is 5.32 Å². The van der Waals surface area contributed by atoms with Gasteiger partial charge in [0.15, 0.2) is 5.78 Å². The lowest BCUT2D eigenvalue weighted by Gasteiger charge is -2.05. The number of ketones is 1. The smallest absolute Gasteiger partial charge is 0.220 e. The van der Waals surface area contributed by atoms with Gasteiger partial charge in [0.1, 0.15) is 5.82 Å². The minimum absolute atomic E-state index is 0.0181. The van der Waals surface area contributed by atoms with Gasteiger partial charge < -0.3 is 5.32 Å². The molecular formula is C17H17FN2O2. The van der Waals surface area contributed by atoms with Crippen LogP contribution in [-0.2, 0) is 11.3 Å². The Kier molecular flexibility index (Phi) is 5.36. The maximum atomic E-state index is 13.3. The Labute approximate surface area is 128 Å². The number of rotatable bonds is 6. The fourth-order valence-corrected chi connectivity index (χ4v) is 1.93. The summed E-state index contributed by atoms with van der Waals surface area (Å²) in [5.74, 6) is -0.844. The van der Waals surface area contributed by atoms with E-state index in [0.29, 0.717) is 5.56 Å². The average Bonchev–Trinajstić information content (AvgIpc) is 2.52. The van der Waals surface area contributed by atoms with Gasteiger partial charge in [-0.2, -0.15) is 0 Å². The summed E-state index contributed by atoms with van der Waals surface area (Å²) in [6.45, 7) is 1.96. The van der Waals surface area contributed by atoms with Crippen molar-refractivity contribution in [2.75, 3.05) is 0 Å². The van der Waals surface area contributed by atoms with Gasteiger partial charge in [0.05, 0.1) is 12.2 Å². The molecule has 2 aromatic rings. The van der Waals surface area contributed by atoms with Crippen molar-refractivity contribution in [1.82, 2.24) is 10.3 Å². The number of carbonyl (C=O) groups is 2. The molecule has 1 aromatic heterocycles. The Morgan fingerprint density at radius 1 is 1.14 bits per heavy atom. The predicted octanol–water partition coefficient (Wildman–Crippen LogP) is 2.81. The fraction of sp³-hybridized carbons (Fsp3) is 0.235. The number of nitrogens with one attached hydrogen (secondary N) is 1. The van der Waals surface area contributed by atoms with Crippen molar-refractivity contribution >= 4 is 11.7 Å². The Morgan fingerprint density at radius 3 is 2.55 bits per heavy atom. The van der Waals surface area contributed by atoms with E-state index in [1.54, 1.807) is 12.1 Å². The van der Waals surface area contributed by atoms with Gasteiger partial charge in [0.25, 0.3) is 0 Å². The summed E-state index contributed by atoms with van der Waals surface area (Å²) >= 11 is 0. The molecule has 0 fully saturated rings. The van der Waals surface area contributed by atoms with Gasteiger partial charge in [-0.1, -0.05) is 29.8 Å². The molecule has 22 heavy (non-hydrogen) atoms. The summed E-state index contributed by atoms with van der Waals surface area (Å²) in [6.07, 6.45) is 1.66. The quantitative estimate of drug-likeness (QED) is 0.835. The molecule has 0 saturated carbocycles. The number of aromatic nitrogens is 1. The molecule has 0 unspecified atom stereocenters. The first-order valence-electron chi connectivity index (χ1n) is 7.02. The van der Waals surface area contributed by atoms with E-state index >= 15 is 0 Å². The molecule has 0 aliphatic rings. The zero-order valence-electron chi connectivity index (χ0n) is 12.3. The molecule has 0 aliphatic carbocycles. The van der Waals surface area contributed by atoms with E-state index in [4.69, 9.17) is 0 Å². The Hall–Kier alpha value is -2.56. The first-order chi connectivity index (χ1) is 10.6. The van der Waals surface area contributed by atoms with Crippen molar-refractivity contribution in [2.24, 2.45) is 0 Å². The van der Waals surface area contributed by atoms with Crippen molar-refractivity contribution in [1.29, 1.82) is 0 Å². The highest BCUT2D eigenvalue weighted by Crippen LogP contribution is 2.08. The third-order valence-corrected chi connectivity index (χ3v) is 3.24. The molecule has 1 amide bonds. The van der Waals surface area contributed by atoms with Crippen molar-refractivity contribution < 1.29 is 14.0 Å². The van der Waals surface area contributed by atoms with E-state index in [0.717, 1.165) is 5.56 Å². The lowest BCUT2D eigenvalue weighted by molar-refractivity contribution is -0.121. The standard InChI is InChI=1S/C17H17FN2O2/c1-12-4-6-13(7-5-12)16(21)8-9-17(22)20-11-15-14(18)3-2-10-19-15/h2-7,10H,8-9,11H2,1H3,(H,20,22). The highest BCUT2D eigenvalue weighted by atomic mass is 19.1. The van der Waals surface area contributed by atoms with Crippen LogP contribution in [0.3, 0.4) is 0 Å². The topological polar surface area (TPSA) is 59.1 Å². The predicted molar refractivity (Wildman–Crippen MR) is 80.8 cm³/mol. The van der Waals surface area contributed by atoms with E-state index < -0.39 is 5.82 Å². The molecule has 2 rings (SSSR count). The highest BCUT2D eigenvalue weighted by Gasteiger charge is 2.10. The van der Waals surface area contributed by atoms with E-state index in [1.165, 1.54) is 18.3 Å². The summed E-state index contributed by atoms with van der Waals surface area (Å²) < 4.78 is 13.3. The third kappa shape index (κ3) is 4.48. The van der Waals surface area contributed by atoms with Crippen LogP contribution in [0.25, 0.3) is 0 Å². The normalized spacial score (nSPS) is 10.3. The molecule has 1 N–H and O–H groups in total. The largest absolute Gasteiger partial charge is 0.350 e. The molecule has 0 bridgehead atoms. The number of amides is 1. The monoisotopic (exact) mass is 300 g/mol. The van der Waals surface area contributed by atoms with Crippen LogP contribution in [0.15, 0.2) is 42.6 Å². The van der Waals surface area contributed by atoms with Crippen LogP contribution in [0, 0.1) is 12.7 Å². The second-order valence-electron chi connectivity index (χ2n) is 5.00. The SMILES string of the molecule is Cc1ccc(C(=O)CCC(=O)NCc2ncccc2F)cc1. The number of hydrogen-bond acceptors (Lipinski definition) is 3. The van der Waals surface area contributed by atoms with E-state index in [1.807, 2.05) is 19.1 Å². The Morgan fingerprint density at radius 2 is 1.86 bits per heavy atom. The number of Topliss-reactive ketones (excluding diaryl/α,β-unsaturated/α-hetero) is 1. The molecule has 0 aliphatic heterocycles. The van der Waals surface area contributed by atoms with Crippen LogP contribution in [-0.4, -0.2) is 16.7 Å². The lowest BCUT2D eigenvalue weighted by atomic mass is 10.1. The Bertz CT molecular complexity index is 669. The van der Waals surface area contributed by atoms with Crippen molar-refractivity contribution in [3.63, 3.8) is 0 Å². The summed E-state index contributed by atoms with van der Waals surface area (Å²) in [7, 11) is 0. The second kappa shape index (κ2) is 7.45. The van der Waals surface area contributed by atoms with Gasteiger partial charge in [-0.25, -0.2) is 4.39 Å². The fourth-order valence-electron chi connectivity index (χ4n) is 1.93. The molecule has 114 valence electrons. The number of pyridine rings is 1. The minimum atomic E-state index is -0.460. The zero-order valence-corrected chi connectivity index (χ0v) is 12.3. The van der Waals surface area contributed by atoms with E-state index in [9.17, 15) is 14.0 Å². The maximum Gasteiger partial charge on any atom is 0.220 e. The van der Waals surface area contributed by atoms with E-state index in [2.05, 4.69) is 10.3 Å². The highest BCUT2D eigenvalue weighted by molar-refractivity contribution is 5.97. The second-order valence-corrected chi connectivity index (χ2v) is 5.00. The summed E-state index contributed by atoms with van der Waals surface area (Å²) in [4.78, 5) is 27.5. The van der Waals surface area contributed by atoms with Crippen LogP contribution in [0.4, 0.5) is 4.39 Å². The molecule has 5 heteroatoms. The third-order valence-electron chi connectivity index (χ3n) is 3.24. The molecule has 0 radical (unpaired) electrons. The van der Waals surface area contributed by atoms with Gasteiger partial charge in [-0.15, -0.1) is 0 Å². The molecule has 4 nitrogen and oxygen atoms in total. The van der Waals surface area contributed by atoms with E-state index in [-0.39, 0.29) is 36.8 Å². The zero-order chi connectivity index (χ0) is 15.9. The number of halogens is 1. The minimum Gasteiger partial charge on any atom is -0.350 e. The molecule has 0 saturated heterocycles. The van der Waals surface area contributed by atoms with Crippen LogP contribution in [0.1, 0.15) is 34.5 Å². The van der Waals surface area contributed by atoms with Crippen LogP contribution >= 0.6 is 0 Å². The molecule has 1 aromatic carbocycles. The summed E-state index contributed by atoms with van der Waals surface area (Å²) in [6, 6.07) is 9.99. The van der Waals surface area contributed by atoms with Gasteiger partial charge in [0, 0.05) is 24.6 Å². The lowest BCUT2D eigenvalue weighted by Crippen LogP contribution is -2.24. The Balaban J connectivity index is 1.79. The molecular weight excluding hydrogens is 283 g/mol. The molecule has 1 heterocycles.